The van der Waals surface area contributed by atoms with Crippen molar-refractivity contribution >= 4 is 6.09 Å². The van der Waals surface area contributed by atoms with Gasteiger partial charge in [0.05, 0.1) is 0 Å². The molecule has 12 heavy (non-hydrogen) atoms. The highest BCUT2D eigenvalue weighted by Gasteiger charge is 2.31. The van der Waals surface area contributed by atoms with E-state index in [2.05, 4.69) is 5.48 Å². The number of carbonyl (C=O) groups excluding carboxylic acids is 1. The van der Waals surface area contributed by atoms with Crippen molar-refractivity contribution < 1.29 is 14.4 Å². The number of hydrogen-bond acceptors (Lipinski definition) is 3. The van der Waals surface area contributed by atoms with Gasteiger partial charge in [-0.3, -0.25) is 4.84 Å². The number of amides is 1. The van der Waals surface area contributed by atoms with Gasteiger partial charge in [-0.1, -0.05) is 12.8 Å². The van der Waals surface area contributed by atoms with Crippen LogP contribution in [0.1, 0.15) is 25.7 Å². The van der Waals surface area contributed by atoms with Crippen LogP contribution in [0.3, 0.4) is 0 Å². The lowest BCUT2D eigenvalue weighted by molar-refractivity contribution is -0.0906. The van der Waals surface area contributed by atoms with E-state index in [0.717, 1.165) is 0 Å². The third-order valence-corrected chi connectivity index (χ3v) is 2.59. The van der Waals surface area contributed by atoms with Crippen molar-refractivity contribution in [2.45, 2.75) is 31.8 Å². The molecule has 1 aliphatic carbocycles. The van der Waals surface area contributed by atoms with Crippen LogP contribution in [0.15, 0.2) is 0 Å². The van der Waals surface area contributed by atoms with E-state index in [0.29, 0.717) is 12.5 Å². The number of cyclic esters (lactones) is 1. The van der Waals surface area contributed by atoms with Gasteiger partial charge in [-0.25, -0.2) is 4.79 Å². The summed E-state index contributed by atoms with van der Waals surface area (Å²) in [5.41, 5.74) is 2.17. The lowest BCUT2D eigenvalue weighted by Crippen LogP contribution is -2.42. The fourth-order valence-electron chi connectivity index (χ4n) is 1.94. The Morgan fingerprint density at radius 2 is 2.08 bits per heavy atom. The third kappa shape index (κ3) is 1.53. The molecule has 0 radical (unpaired) electrons. The van der Waals surface area contributed by atoms with E-state index in [-0.39, 0.29) is 6.10 Å². The van der Waals surface area contributed by atoms with Crippen LogP contribution < -0.4 is 5.48 Å². The Balaban J connectivity index is 1.89. The largest absolute Gasteiger partial charge is 0.442 e. The van der Waals surface area contributed by atoms with Crippen molar-refractivity contribution in [1.29, 1.82) is 0 Å². The lowest BCUT2D eigenvalue weighted by Gasteiger charge is -2.26. The van der Waals surface area contributed by atoms with E-state index in [4.69, 9.17) is 9.57 Å². The maximum absolute atomic E-state index is 10.8. The minimum absolute atomic E-state index is 0.0127. The summed E-state index contributed by atoms with van der Waals surface area (Å²) >= 11 is 0. The Kier molecular flexibility index (Phi) is 2.17. The number of ether oxygens (including phenoxy) is 1. The standard InChI is InChI=1S/C8H13NO3/c10-8-9-11-5-7(12-8)6-3-1-2-4-6/h6-7H,1-5H2,(H,9,10). The minimum atomic E-state index is -0.446. The Hall–Kier alpha value is -0.770. The van der Waals surface area contributed by atoms with Gasteiger partial charge in [0.25, 0.3) is 0 Å². The maximum Gasteiger partial charge on any atom is 0.431 e. The third-order valence-electron chi connectivity index (χ3n) is 2.59. The van der Waals surface area contributed by atoms with Crippen LogP contribution in [0.4, 0.5) is 4.79 Å². The molecule has 1 saturated heterocycles. The summed E-state index contributed by atoms with van der Waals surface area (Å²) in [5.74, 6) is 0.524. The first-order valence-corrected chi connectivity index (χ1v) is 4.44. The average molecular weight is 171 g/mol. The van der Waals surface area contributed by atoms with Crippen LogP contribution in [0.25, 0.3) is 0 Å². The molecule has 1 unspecified atom stereocenters. The van der Waals surface area contributed by atoms with Gasteiger partial charge in [-0.05, 0) is 18.8 Å². The molecule has 4 heteroatoms. The summed E-state index contributed by atoms with van der Waals surface area (Å²) in [6.07, 6.45) is 4.39. The molecular weight excluding hydrogens is 158 g/mol. The molecule has 1 N–H and O–H groups in total. The van der Waals surface area contributed by atoms with Gasteiger partial charge >= 0.3 is 6.09 Å². The topological polar surface area (TPSA) is 47.6 Å². The summed E-state index contributed by atoms with van der Waals surface area (Å²) in [7, 11) is 0. The van der Waals surface area contributed by atoms with Gasteiger partial charge in [0.15, 0.2) is 0 Å². The summed E-state index contributed by atoms with van der Waals surface area (Å²) in [6, 6.07) is 0. The van der Waals surface area contributed by atoms with E-state index in [1.807, 2.05) is 0 Å². The van der Waals surface area contributed by atoms with Crippen LogP contribution in [0.5, 0.6) is 0 Å². The molecule has 2 rings (SSSR count). The molecule has 1 amide bonds. The van der Waals surface area contributed by atoms with Crippen LogP contribution >= 0.6 is 0 Å². The first-order chi connectivity index (χ1) is 5.86. The summed E-state index contributed by atoms with van der Waals surface area (Å²) in [5, 5.41) is 0. The molecule has 2 fully saturated rings. The molecule has 2 aliphatic rings. The van der Waals surface area contributed by atoms with E-state index in [9.17, 15) is 4.79 Å². The van der Waals surface area contributed by atoms with Gasteiger partial charge < -0.3 is 4.74 Å². The zero-order valence-corrected chi connectivity index (χ0v) is 6.91. The molecule has 68 valence electrons. The summed E-state index contributed by atoms with van der Waals surface area (Å²) in [6.45, 7) is 0.496. The highest BCUT2D eigenvalue weighted by Crippen LogP contribution is 2.30. The second-order valence-electron chi connectivity index (χ2n) is 3.40. The fourth-order valence-corrected chi connectivity index (χ4v) is 1.94. The van der Waals surface area contributed by atoms with Crippen molar-refractivity contribution in [1.82, 2.24) is 5.48 Å². The maximum atomic E-state index is 10.8. The molecule has 1 saturated carbocycles. The van der Waals surface area contributed by atoms with E-state index in [1.165, 1.54) is 25.7 Å². The van der Waals surface area contributed by atoms with Gasteiger partial charge in [-0.15, -0.1) is 0 Å². The zero-order chi connectivity index (χ0) is 8.39. The molecule has 0 aromatic heterocycles. The van der Waals surface area contributed by atoms with Gasteiger partial charge in [0, 0.05) is 0 Å². The fraction of sp³-hybridized carbons (Fsp3) is 0.875. The Labute approximate surface area is 71.2 Å². The van der Waals surface area contributed by atoms with Crippen molar-refractivity contribution in [2.75, 3.05) is 6.61 Å². The van der Waals surface area contributed by atoms with Crippen molar-refractivity contribution in [3.8, 4) is 0 Å². The predicted molar refractivity (Wildman–Crippen MR) is 41.3 cm³/mol. The zero-order valence-electron chi connectivity index (χ0n) is 6.91. The second-order valence-corrected chi connectivity index (χ2v) is 3.40. The van der Waals surface area contributed by atoms with Gasteiger partial charge in [-0.2, -0.15) is 5.48 Å². The number of carbonyl (C=O) groups is 1. The molecule has 4 nitrogen and oxygen atoms in total. The van der Waals surface area contributed by atoms with Crippen LogP contribution in [0, 0.1) is 5.92 Å². The molecule has 0 bridgehead atoms. The molecule has 1 heterocycles. The minimum Gasteiger partial charge on any atom is -0.442 e. The number of rotatable bonds is 1. The normalized spacial score (nSPS) is 31.3. The van der Waals surface area contributed by atoms with E-state index < -0.39 is 6.09 Å². The molecule has 0 spiro atoms. The van der Waals surface area contributed by atoms with Crippen molar-refractivity contribution in [3.05, 3.63) is 0 Å². The number of hydroxylamine groups is 1. The van der Waals surface area contributed by atoms with Gasteiger partial charge in [0.2, 0.25) is 0 Å². The first-order valence-electron chi connectivity index (χ1n) is 4.44. The summed E-state index contributed by atoms with van der Waals surface area (Å²) < 4.78 is 5.10. The highest BCUT2D eigenvalue weighted by atomic mass is 16.7. The average Bonchev–Trinajstić information content (AvgIpc) is 2.56. The lowest BCUT2D eigenvalue weighted by atomic mass is 10.0. The van der Waals surface area contributed by atoms with Crippen LogP contribution in [0.2, 0.25) is 0 Å². The van der Waals surface area contributed by atoms with Crippen molar-refractivity contribution in [3.63, 3.8) is 0 Å². The monoisotopic (exact) mass is 171 g/mol. The Morgan fingerprint density at radius 1 is 1.33 bits per heavy atom. The summed E-state index contributed by atoms with van der Waals surface area (Å²) in [4.78, 5) is 15.7. The molecule has 0 aromatic rings. The predicted octanol–water partition coefficient (Wildman–Crippen LogP) is 1.22. The molecule has 0 aromatic carbocycles. The first kappa shape index (κ1) is 7.86. The Morgan fingerprint density at radius 3 is 2.75 bits per heavy atom. The SMILES string of the molecule is O=C1NOCC(C2CCCC2)O1. The number of nitrogens with one attached hydrogen (secondary N) is 1. The van der Waals surface area contributed by atoms with E-state index >= 15 is 0 Å². The molecular formula is C8H13NO3. The quantitative estimate of drug-likeness (QED) is 0.645. The second kappa shape index (κ2) is 3.31. The molecule has 1 aliphatic heterocycles. The van der Waals surface area contributed by atoms with Crippen molar-refractivity contribution in [2.24, 2.45) is 5.92 Å². The van der Waals surface area contributed by atoms with Gasteiger partial charge in [0.1, 0.15) is 12.7 Å². The highest BCUT2D eigenvalue weighted by molar-refractivity contribution is 5.66. The van der Waals surface area contributed by atoms with Crippen LogP contribution in [-0.2, 0) is 9.57 Å². The van der Waals surface area contributed by atoms with Crippen LogP contribution in [-0.4, -0.2) is 18.8 Å². The molecule has 1 atom stereocenters. The van der Waals surface area contributed by atoms with E-state index in [1.54, 1.807) is 0 Å². The smallest absolute Gasteiger partial charge is 0.431 e. The number of hydrogen-bond donors (Lipinski definition) is 1. The Bertz CT molecular complexity index is 177.